The minimum Gasteiger partial charge on any atom is -0.497 e. The van der Waals surface area contributed by atoms with Crippen LogP contribution in [0.1, 0.15) is 18.9 Å². The van der Waals surface area contributed by atoms with Crippen molar-refractivity contribution in [1.82, 2.24) is 20.1 Å². The highest BCUT2D eigenvalue weighted by Gasteiger charge is 2.22. The summed E-state index contributed by atoms with van der Waals surface area (Å²) in [5, 5.41) is 12.9. The number of thioether (sulfide) groups is 2. The fourth-order valence-electron chi connectivity index (χ4n) is 3.07. The van der Waals surface area contributed by atoms with Crippen LogP contribution < -0.4 is 14.8 Å². The number of benzene rings is 2. The van der Waals surface area contributed by atoms with Gasteiger partial charge in [-0.1, -0.05) is 41.7 Å². The van der Waals surface area contributed by atoms with E-state index in [0.717, 1.165) is 23.7 Å². The van der Waals surface area contributed by atoms with E-state index in [1.54, 1.807) is 18.9 Å². The molecule has 1 aliphatic heterocycles. The lowest BCUT2D eigenvalue weighted by atomic mass is 10.3. The van der Waals surface area contributed by atoms with E-state index in [-0.39, 0.29) is 17.8 Å². The number of aromatic nitrogens is 3. The second-order valence-corrected chi connectivity index (χ2v) is 8.85. The number of methoxy groups -OCH3 is 1. The van der Waals surface area contributed by atoms with Gasteiger partial charge in [0.25, 0.3) is 0 Å². The van der Waals surface area contributed by atoms with Gasteiger partial charge in [-0.25, -0.2) is 0 Å². The number of amidine groups is 1. The SMILES string of the molecule is COc1ccc(OC(C)c2nnc(SCC(=O)NC3=NCCS3)n2-c2ccccc2)cc1. The first-order valence-electron chi connectivity index (χ1n) is 10.1. The molecule has 0 saturated heterocycles. The summed E-state index contributed by atoms with van der Waals surface area (Å²) in [6.07, 6.45) is -0.372. The number of hydrogen-bond acceptors (Lipinski definition) is 8. The zero-order valence-corrected chi connectivity index (χ0v) is 19.4. The van der Waals surface area contributed by atoms with E-state index in [2.05, 4.69) is 20.5 Å². The van der Waals surface area contributed by atoms with Crippen molar-refractivity contribution in [3.63, 3.8) is 0 Å². The van der Waals surface area contributed by atoms with Crippen molar-refractivity contribution in [3.05, 3.63) is 60.4 Å². The fourth-order valence-corrected chi connectivity index (χ4v) is 4.57. The van der Waals surface area contributed by atoms with Gasteiger partial charge in [0.05, 0.1) is 19.4 Å². The Balaban J connectivity index is 1.52. The number of carbonyl (C=O) groups is 1. The Morgan fingerprint density at radius 2 is 1.91 bits per heavy atom. The Hall–Kier alpha value is -2.98. The van der Waals surface area contributed by atoms with Crippen LogP contribution in [0.15, 0.2) is 64.7 Å². The third-order valence-electron chi connectivity index (χ3n) is 4.57. The van der Waals surface area contributed by atoms with Crippen LogP contribution in [-0.4, -0.2) is 51.0 Å². The van der Waals surface area contributed by atoms with E-state index in [0.29, 0.717) is 21.9 Å². The maximum atomic E-state index is 12.3. The van der Waals surface area contributed by atoms with Crippen LogP contribution in [0.2, 0.25) is 0 Å². The first kappa shape index (κ1) is 22.2. The first-order valence-corrected chi connectivity index (χ1v) is 12.0. The molecular formula is C22H23N5O3S2. The molecule has 0 bridgehead atoms. The van der Waals surface area contributed by atoms with Gasteiger partial charge in [-0.3, -0.25) is 14.4 Å². The van der Waals surface area contributed by atoms with Gasteiger partial charge in [-0.15, -0.1) is 10.2 Å². The molecule has 0 aliphatic carbocycles. The van der Waals surface area contributed by atoms with Crippen LogP contribution >= 0.6 is 23.5 Å². The molecule has 2 aromatic carbocycles. The highest BCUT2D eigenvalue weighted by Crippen LogP contribution is 2.28. The molecule has 3 aromatic rings. The Bertz CT molecular complexity index is 1090. The monoisotopic (exact) mass is 469 g/mol. The lowest BCUT2D eigenvalue weighted by Gasteiger charge is -2.17. The molecule has 1 amide bonds. The number of hydrogen-bond donors (Lipinski definition) is 1. The van der Waals surface area contributed by atoms with Crippen molar-refractivity contribution in [2.75, 3.05) is 25.2 Å². The summed E-state index contributed by atoms with van der Waals surface area (Å²) in [6.45, 7) is 2.66. The number of rotatable bonds is 8. The maximum Gasteiger partial charge on any atom is 0.236 e. The van der Waals surface area contributed by atoms with Crippen molar-refractivity contribution in [1.29, 1.82) is 0 Å². The Kier molecular flexibility index (Phi) is 7.33. The number of ether oxygens (including phenoxy) is 2. The van der Waals surface area contributed by atoms with E-state index in [9.17, 15) is 4.79 Å². The van der Waals surface area contributed by atoms with Gasteiger partial charge >= 0.3 is 0 Å². The molecule has 2 heterocycles. The van der Waals surface area contributed by atoms with Crippen molar-refractivity contribution in [3.8, 4) is 17.2 Å². The summed E-state index contributed by atoms with van der Waals surface area (Å²) < 4.78 is 13.2. The molecule has 0 spiro atoms. The summed E-state index contributed by atoms with van der Waals surface area (Å²) >= 11 is 2.88. The topological polar surface area (TPSA) is 90.6 Å². The van der Waals surface area contributed by atoms with Gasteiger partial charge in [-0.05, 0) is 43.3 Å². The van der Waals surface area contributed by atoms with Gasteiger partial charge in [0.2, 0.25) is 5.91 Å². The largest absolute Gasteiger partial charge is 0.497 e. The molecule has 0 saturated carbocycles. The molecule has 166 valence electrons. The molecule has 10 heteroatoms. The van der Waals surface area contributed by atoms with E-state index in [1.807, 2.05) is 66.1 Å². The summed E-state index contributed by atoms with van der Waals surface area (Å²) in [7, 11) is 1.63. The average molecular weight is 470 g/mol. The smallest absolute Gasteiger partial charge is 0.236 e. The second-order valence-electron chi connectivity index (χ2n) is 6.82. The Morgan fingerprint density at radius 3 is 2.59 bits per heavy atom. The number of para-hydroxylation sites is 1. The van der Waals surface area contributed by atoms with Gasteiger partial charge < -0.3 is 14.8 Å². The molecule has 32 heavy (non-hydrogen) atoms. The van der Waals surface area contributed by atoms with Crippen molar-refractivity contribution in [2.45, 2.75) is 18.2 Å². The third-order valence-corrected chi connectivity index (χ3v) is 6.39. The molecule has 1 atom stereocenters. The van der Waals surface area contributed by atoms with Crippen LogP contribution in [0.5, 0.6) is 11.5 Å². The van der Waals surface area contributed by atoms with Crippen molar-refractivity contribution < 1.29 is 14.3 Å². The fraction of sp³-hybridized carbons (Fsp3) is 0.273. The summed E-state index contributed by atoms with van der Waals surface area (Å²) in [5.74, 6) is 3.10. The van der Waals surface area contributed by atoms with E-state index in [1.165, 1.54) is 11.8 Å². The van der Waals surface area contributed by atoms with Crippen molar-refractivity contribution in [2.24, 2.45) is 4.99 Å². The van der Waals surface area contributed by atoms with Gasteiger partial charge in [-0.2, -0.15) is 0 Å². The van der Waals surface area contributed by atoms with Crippen molar-refractivity contribution >= 4 is 34.6 Å². The van der Waals surface area contributed by atoms with Gasteiger partial charge in [0, 0.05) is 11.4 Å². The number of nitrogens with one attached hydrogen (secondary N) is 1. The third kappa shape index (κ3) is 5.43. The number of aliphatic imine (C=N–C) groups is 1. The highest BCUT2D eigenvalue weighted by molar-refractivity contribution is 8.14. The quantitative estimate of drug-likeness (QED) is 0.503. The minimum atomic E-state index is -0.372. The molecule has 0 fully saturated rings. The zero-order valence-electron chi connectivity index (χ0n) is 17.7. The number of carbonyl (C=O) groups excluding carboxylic acids is 1. The summed E-state index contributed by atoms with van der Waals surface area (Å²) in [4.78, 5) is 16.6. The predicted octanol–water partition coefficient (Wildman–Crippen LogP) is 3.73. The predicted molar refractivity (Wildman–Crippen MR) is 127 cm³/mol. The molecule has 0 radical (unpaired) electrons. The van der Waals surface area contributed by atoms with Crippen LogP contribution in [-0.2, 0) is 4.79 Å². The summed E-state index contributed by atoms with van der Waals surface area (Å²) in [6, 6.07) is 17.2. The molecule has 1 unspecified atom stereocenters. The van der Waals surface area contributed by atoms with Crippen LogP contribution in [0.3, 0.4) is 0 Å². The van der Waals surface area contributed by atoms with E-state index < -0.39 is 0 Å². The molecule has 4 rings (SSSR count). The van der Waals surface area contributed by atoms with Gasteiger partial charge in [0.1, 0.15) is 11.5 Å². The minimum absolute atomic E-state index is 0.116. The van der Waals surface area contributed by atoms with Crippen LogP contribution in [0.4, 0.5) is 0 Å². The molecule has 1 N–H and O–H groups in total. The molecule has 1 aliphatic rings. The zero-order chi connectivity index (χ0) is 22.3. The van der Waals surface area contributed by atoms with E-state index in [4.69, 9.17) is 9.47 Å². The Labute approximate surface area is 194 Å². The standard InChI is InChI=1S/C22H23N5O3S2/c1-15(30-18-10-8-17(29-2)9-11-18)20-25-26-22(27(20)16-6-4-3-5-7-16)32-14-19(28)24-21-23-12-13-31-21/h3-11,15H,12-14H2,1-2H3,(H,23,24,28). The number of nitrogens with zero attached hydrogens (tertiary/aromatic N) is 4. The van der Waals surface area contributed by atoms with Gasteiger partial charge in [0.15, 0.2) is 22.3 Å². The Morgan fingerprint density at radius 1 is 1.16 bits per heavy atom. The molecule has 8 nitrogen and oxygen atoms in total. The molecular weight excluding hydrogens is 446 g/mol. The average Bonchev–Trinajstić information content (AvgIpc) is 3.48. The number of amides is 1. The molecule has 1 aromatic heterocycles. The first-order chi connectivity index (χ1) is 15.6. The van der Waals surface area contributed by atoms with Crippen LogP contribution in [0.25, 0.3) is 5.69 Å². The van der Waals surface area contributed by atoms with Crippen LogP contribution in [0, 0.1) is 0 Å². The maximum absolute atomic E-state index is 12.3. The summed E-state index contributed by atoms with van der Waals surface area (Å²) in [5.41, 5.74) is 0.899. The highest BCUT2D eigenvalue weighted by atomic mass is 32.2. The second kappa shape index (κ2) is 10.6. The van der Waals surface area contributed by atoms with E-state index >= 15 is 0 Å². The lowest BCUT2D eigenvalue weighted by Crippen LogP contribution is -2.29. The lowest BCUT2D eigenvalue weighted by molar-refractivity contribution is -0.117. The normalized spacial score (nSPS) is 14.0.